The van der Waals surface area contributed by atoms with Crippen LogP contribution in [-0.4, -0.2) is 80.8 Å². The Balaban J connectivity index is 1.46. The van der Waals surface area contributed by atoms with Crippen molar-refractivity contribution < 1.29 is 13.2 Å². The Bertz CT molecular complexity index is 1080. The monoisotopic (exact) mass is 445 g/mol. The van der Waals surface area contributed by atoms with Crippen molar-refractivity contribution in [2.75, 3.05) is 61.6 Å². The Kier molecular flexibility index (Phi) is 5.72. The third-order valence-corrected chi connectivity index (χ3v) is 8.08. The Morgan fingerprint density at radius 2 is 1.84 bits per heavy atom. The number of rotatable bonds is 4. The summed E-state index contributed by atoms with van der Waals surface area (Å²) in [5, 5.41) is 4.69. The summed E-state index contributed by atoms with van der Waals surface area (Å²) >= 11 is 0. The summed E-state index contributed by atoms with van der Waals surface area (Å²) in [7, 11) is 0.971. The smallest absolute Gasteiger partial charge is 0.254 e. The first-order valence-corrected chi connectivity index (χ1v) is 12.6. The SMILES string of the molecule is Cc1nn(C2CCS(=O)(=O)C2)c(C)c1N1CCN(C(=O)c2cccc(N(C)C)c2)CC1. The zero-order valence-corrected chi connectivity index (χ0v) is 19.5. The molecule has 1 unspecified atom stereocenters. The van der Waals surface area contributed by atoms with Crippen LogP contribution in [0.25, 0.3) is 0 Å². The van der Waals surface area contributed by atoms with Gasteiger partial charge >= 0.3 is 0 Å². The van der Waals surface area contributed by atoms with Crippen molar-refractivity contribution in [3.05, 3.63) is 41.2 Å². The number of benzene rings is 1. The largest absolute Gasteiger partial charge is 0.378 e. The number of sulfone groups is 1. The lowest BCUT2D eigenvalue weighted by molar-refractivity contribution is 0.0747. The van der Waals surface area contributed by atoms with E-state index in [0.29, 0.717) is 25.1 Å². The van der Waals surface area contributed by atoms with Gasteiger partial charge in [0.2, 0.25) is 0 Å². The minimum Gasteiger partial charge on any atom is -0.378 e. The van der Waals surface area contributed by atoms with Crippen LogP contribution < -0.4 is 9.80 Å². The fourth-order valence-corrected chi connectivity index (χ4v) is 6.36. The van der Waals surface area contributed by atoms with Crippen LogP contribution in [0.4, 0.5) is 11.4 Å². The van der Waals surface area contributed by atoms with Crippen molar-refractivity contribution in [3.63, 3.8) is 0 Å². The quantitative estimate of drug-likeness (QED) is 0.715. The van der Waals surface area contributed by atoms with E-state index in [2.05, 4.69) is 10.00 Å². The van der Waals surface area contributed by atoms with Gasteiger partial charge in [-0.05, 0) is 38.5 Å². The van der Waals surface area contributed by atoms with Crippen molar-refractivity contribution in [1.29, 1.82) is 0 Å². The third kappa shape index (κ3) is 4.28. The molecule has 0 aliphatic carbocycles. The zero-order chi connectivity index (χ0) is 22.3. The molecule has 168 valence electrons. The van der Waals surface area contributed by atoms with Gasteiger partial charge in [-0.1, -0.05) is 6.07 Å². The summed E-state index contributed by atoms with van der Waals surface area (Å²) in [4.78, 5) is 19.2. The second kappa shape index (κ2) is 8.18. The minimum absolute atomic E-state index is 0.0589. The summed E-state index contributed by atoms with van der Waals surface area (Å²) in [6.07, 6.45) is 0.623. The maximum absolute atomic E-state index is 13.0. The van der Waals surface area contributed by atoms with Gasteiger partial charge in [-0.3, -0.25) is 9.48 Å². The van der Waals surface area contributed by atoms with E-state index >= 15 is 0 Å². The lowest BCUT2D eigenvalue weighted by atomic mass is 10.1. The molecule has 0 N–H and O–H groups in total. The second-order valence-electron chi connectivity index (χ2n) is 8.74. The summed E-state index contributed by atoms with van der Waals surface area (Å²) < 4.78 is 25.7. The topological polar surface area (TPSA) is 78.8 Å². The van der Waals surface area contributed by atoms with Gasteiger partial charge in [-0.2, -0.15) is 5.10 Å². The number of hydrogen-bond donors (Lipinski definition) is 0. The van der Waals surface area contributed by atoms with Crippen LogP contribution >= 0.6 is 0 Å². The van der Waals surface area contributed by atoms with Crippen LogP contribution in [-0.2, 0) is 9.84 Å². The first kappa shape index (κ1) is 21.7. The van der Waals surface area contributed by atoms with E-state index in [1.807, 2.05) is 66.7 Å². The molecule has 1 atom stereocenters. The highest BCUT2D eigenvalue weighted by molar-refractivity contribution is 7.91. The van der Waals surface area contributed by atoms with Crippen molar-refractivity contribution in [2.45, 2.75) is 26.3 Å². The summed E-state index contributed by atoms with van der Waals surface area (Å²) in [5.41, 5.74) is 4.73. The van der Waals surface area contributed by atoms with Crippen LogP contribution in [0.1, 0.15) is 34.2 Å². The zero-order valence-electron chi connectivity index (χ0n) is 18.7. The molecule has 0 saturated carbocycles. The average molecular weight is 446 g/mol. The number of anilines is 2. The van der Waals surface area contributed by atoms with Crippen LogP contribution in [0.3, 0.4) is 0 Å². The molecule has 3 heterocycles. The number of hydrogen-bond acceptors (Lipinski definition) is 6. The van der Waals surface area contributed by atoms with Gasteiger partial charge in [0.1, 0.15) is 0 Å². The molecule has 2 fully saturated rings. The Morgan fingerprint density at radius 3 is 2.45 bits per heavy atom. The molecule has 31 heavy (non-hydrogen) atoms. The van der Waals surface area contributed by atoms with E-state index in [9.17, 15) is 13.2 Å². The van der Waals surface area contributed by atoms with E-state index in [4.69, 9.17) is 0 Å². The molecule has 2 aromatic rings. The predicted molar refractivity (Wildman–Crippen MR) is 123 cm³/mol. The van der Waals surface area contributed by atoms with Gasteiger partial charge in [0.05, 0.1) is 34.6 Å². The number of carbonyl (C=O) groups excluding carboxylic acids is 1. The molecule has 2 aliphatic heterocycles. The number of amides is 1. The van der Waals surface area contributed by atoms with E-state index < -0.39 is 9.84 Å². The standard InChI is InChI=1S/C22H31N5O3S/c1-16-21(17(2)27(23-16)20-8-13-31(29,30)15-20)25-9-11-26(12-10-25)22(28)18-6-5-7-19(14-18)24(3)4/h5-7,14,20H,8-13,15H2,1-4H3. The van der Waals surface area contributed by atoms with Crippen molar-refractivity contribution in [2.24, 2.45) is 0 Å². The summed E-state index contributed by atoms with van der Waals surface area (Å²) in [5.74, 6) is 0.466. The normalized spacial score (nSPS) is 20.8. The first-order chi connectivity index (χ1) is 14.7. The van der Waals surface area contributed by atoms with E-state index in [1.165, 1.54) is 0 Å². The Hall–Kier alpha value is -2.55. The molecule has 4 rings (SSSR count). The first-order valence-electron chi connectivity index (χ1n) is 10.7. The lowest BCUT2D eigenvalue weighted by Gasteiger charge is -2.36. The van der Waals surface area contributed by atoms with Gasteiger partial charge in [-0.15, -0.1) is 0 Å². The molecular formula is C22H31N5O3S. The molecule has 8 nitrogen and oxygen atoms in total. The summed E-state index contributed by atoms with van der Waals surface area (Å²) in [6.45, 7) is 6.75. The van der Waals surface area contributed by atoms with Gasteiger partial charge in [0.25, 0.3) is 5.91 Å². The van der Waals surface area contributed by atoms with E-state index in [0.717, 1.165) is 35.9 Å². The number of aryl methyl sites for hydroxylation is 1. The van der Waals surface area contributed by atoms with Gasteiger partial charge in [-0.25, -0.2) is 8.42 Å². The highest BCUT2D eigenvalue weighted by Gasteiger charge is 2.33. The van der Waals surface area contributed by atoms with Crippen LogP contribution in [0.15, 0.2) is 24.3 Å². The third-order valence-electron chi connectivity index (χ3n) is 6.33. The fourth-order valence-electron chi connectivity index (χ4n) is 4.67. The highest BCUT2D eigenvalue weighted by Crippen LogP contribution is 2.31. The van der Waals surface area contributed by atoms with Crippen LogP contribution in [0.5, 0.6) is 0 Å². The maximum atomic E-state index is 13.0. The Morgan fingerprint density at radius 1 is 1.13 bits per heavy atom. The molecule has 2 saturated heterocycles. The van der Waals surface area contributed by atoms with E-state index in [-0.39, 0.29) is 23.5 Å². The molecule has 0 bridgehead atoms. The molecule has 2 aliphatic rings. The summed E-state index contributed by atoms with van der Waals surface area (Å²) in [6, 6.07) is 7.64. The minimum atomic E-state index is -2.96. The van der Waals surface area contributed by atoms with E-state index in [1.54, 1.807) is 0 Å². The van der Waals surface area contributed by atoms with Crippen LogP contribution in [0, 0.1) is 13.8 Å². The fraction of sp³-hybridized carbons (Fsp3) is 0.545. The Labute approximate surface area is 184 Å². The molecule has 0 spiro atoms. The van der Waals surface area contributed by atoms with Gasteiger partial charge in [0.15, 0.2) is 9.84 Å². The van der Waals surface area contributed by atoms with Crippen molar-refractivity contribution >= 4 is 27.1 Å². The van der Waals surface area contributed by atoms with Crippen molar-refractivity contribution in [3.8, 4) is 0 Å². The average Bonchev–Trinajstić information content (AvgIpc) is 3.25. The number of carbonyl (C=O) groups is 1. The molecule has 1 aromatic carbocycles. The van der Waals surface area contributed by atoms with Gasteiger partial charge < -0.3 is 14.7 Å². The van der Waals surface area contributed by atoms with Crippen molar-refractivity contribution in [1.82, 2.24) is 14.7 Å². The number of piperazine rings is 1. The highest BCUT2D eigenvalue weighted by atomic mass is 32.2. The molecule has 9 heteroatoms. The maximum Gasteiger partial charge on any atom is 0.254 e. The predicted octanol–water partition coefficient (Wildman–Crippen LogP) is 1.89. The van der Waals surface area contributed by atoms with Crippen LogP contribution in [0.2, 0.25) is 0 Å². The van der Waals surface area contributed by atoms with Gasteiger partial charge in [0, 0.05) is 51.5 Å². The molecule has 1 amide bonds. The molecular weight excluding hydrogens is 414 g/mol. The lowest BCUT2D eigenvalue weighted by Crippen LogP contribution is -2.49. The second-order valence-corrected chi connectivity index (χ2v) is 11.0. The number of aromatic nitrogens is 2. The molecule has 0 radical (unpaired) electrons. The number of nitrogens with zero attached hydrogens (tertiary/aromatic N) is 5. The molecule has 1 aromatic heterocycles.